The molecule has 2 rings (SSSR count). The van der Waals surface area contributed by atoms with Crippen LogP contribution < -0.4 is 15.4 Å². The first-order valence-electron chi connectivity index (χ1n) is 8.80. The fourth-order valence-corrected chi connectivity index (χ4v) is 2.51. The summed E-state index contributed by atoms with van der Waals surface area (Å²) in [5, 5.41) is 15.9. The number of aliphatic hydroxyl groups excluding tert-OH is 1. The fraction of sp³-hybridized carbons (Fsp3) is 0.350. The number of nitrogens with zero attached hydrogens (tertiary/aromatic N) is 1. The quantitative estimate of drug-likeness (QED) is 0.475. The molecule has 0 heterocycles. The number of hydrogen-bond acceptors (Lipinski definition) is 3. The van der Waals surface area contributed by atoms with E-state index in [0.717, 1.165) is 11.1 Å². The molecule has 0 fully saturated rings. The van der Waals surface area contributed by atoms with Gasteiger partial charge in [0.1, 0.15) is 5.75 Å². The first-order chi connectivity index (χ1) is 13.4. The van der Waals surface area contributed by atoms with Gasteiger partial charge in [-0.25, -0.2) is 0 Å². The number of guanidine groups is 1. The van der Waals surface area contributed by atoms with E-state index in [9.17, 15) is 18.3 Å². The van der Waals surface area contributed by atoms with E-state index in [1.54, 1.807) is 19.2 Å². The van der Waals surface area contributed by atoms with Crippen LogP contribution in [0, 0.1) is 0 Å². The number of hydrogen-bond donors (Lipinski definition) is 3. The molecule has 0 saturated heterocycles. The predicted octanol–water partition coefficient (Wildman–Crippen LogP) is 3.07. The number of alkyl halides is 3. The Morgan fingerprint density at radius 2 is 1.75 bits per heavy atom. The summed E-state index contributed by atoms with van der Waals surface area (Å²) >= 11 is 0. The van der Waals surface area contributed by atoms with Gasteiger partial charge in [0.05, 0.1) is 6.61 Å². The minimum atomic E-state index is -4.36. The second kappa shape index (κ2) is 10.6. The van der Waals surface area contributed by atoms with Gasteiger partial charge in [-0.05, 0) is 23.3 Å². The highest BCUT2D eigenvalue weighted by Crippen LogP contribution is 2.19. The van der Waals surface area contributed by atoms with Crippen LogP contribution in [0.5, 0.6) is 5.75 Å². The van der Waals surface area contributed by atoms with Crippen LogP contribution in [0.1, 0.15) is 17.0 Å². The van der Waals surface area contributed by atoms with Crippen molar-refractivity contribution in [2.45, 2.75) is 18.6 Å². The molecule has 0 aliphatic rings. The van der Waals surface area contributed by atoms with Gasteiger partial charge >= 0.3 is 6.18 Å². The van der Waals surface area contributed by atoms with Gasteiger partial charge in [-0.1, -0.05) is 42.5 Å². The summed E-state index contributed by atoms with van der Waals surface area (Å²) in [5.41, 5.74) is 1.89. The lowest BCUT2D eigenvalue weighted by Gasteiger charge is -2.18. The third-order valence-electron chi connectivity index (χ3n) is 4.02. The molecule has 1 atom stereocenters. The largest absolute Gasteiger partial charge is 0.484 e. The van der Waals surface area contributed by atoms with Crippen molar-refractivity contribution >= 4 is 5.96 Å². The Hall–Kier alpha value is -2.74. The Morgan fingerprint density at radius 3 is 2.32 bits per heavy atom. The third-order valence-corrected chi connectivity index (χ3v) is 4.02. The Balaban J connectivity index is 1.81. The van der Waals surface area contributed by atoms with Crippen LogP contribution in [0.2, 0.25) is 0 Å². The highest BCUT2D eigenvalue weighted by Gasteiger charge is 2.28. The molecular weight excluding hydrogens is 371 g/mol. The van der Waals surface area contributed by atoms with Crippen LogP contribution in [0.4, 0.5) is 13.2 Å². The van der Waals surface area contributed by atoms with Gasteiger partial charge in [0.15, 0.2) is 12.6 Å². The SMILES string of the molecule is CN=C(NCc1ccc(OCC(F)(F)F)cc1)NCC(CO)c1ccccc1. The van der Waals surface area contributed by atoms with E-state index >= 15 is 0 Å². The molecule has 0 amide bonds. The van der Waals surface area contributed by atoms with Gasteiger partial charge in [0, 0.05) is 26.1 Å². The van der Waals surface area contributed by atoms with Gasteiger partial charge in [-0.15, -0.1) is 0 Å². The summed E-state index contributed by atoms with van der Waals surface area (Å²) < 4.78 is 41.2. The van der Waals surface area contributed by atoms with E-state index in [1.165, 1.54) is 12.1 Å². The van der Waals surface area contributed by atoms with Crippen LogP contribution >= 0.6 is 0 Å². The maximum Gasteiger partial charge on any atom is 0.422 e. The van der Waals surface area contributed by atoms with Crippen molar-refractivity contribution in [2.75, 3.05) is 26.8 Å². The minimum Gasteiger partial charge on any atom is -0.484 e. The molecule has 3 N–H and O–H groups in total. The first kappa shape index (κ1) is 21.6. The van der Waals surface area contributed by atoms with Crippen molar-refractivity contribution in [1.29, 1.82) is 0 Å². The van der Waals surface area contributed by atoms with Crippen molar-refractivity contribution in [2.24, 2.45) is 4.99 Å². The number of aliphatic imine (C=N–C) groups is 1. The Morgan fingerprint density at radius 1 is 1.07 bits per heavy atom. The summed E-state index contributed by atoms with van der Waals surface area (Å²) in [5.74, 6) is 0.661. The zero-order valence-corrected chi connectivity index (χ0v) is 15.5. The Labute approximate surface area is 162 Å². The number of halogens is 3. The second-order valence-electron chi connectivity index (χ2n) is 6.14. The molecule has 0 aliphatic carbocycles. The van der Waals surface area contributed by atoms with Gasteiger partial charge < -0.3 is 20.5 Å². The van der Waals surface area contributed by atoms with E-state index in [-0.39, 0.29) is 18.3 Å². The molecule has 0 saturated carbocycles. The maximum atomic E-state index is 12.2. The minimum absolute atomic E-state index is 0.00734. The van der Waals surface area contributed by atoms with Gasteiger partial charge in [-0.2, -0.15) is 13.2 Å². The topological polar surface area (TPSA) is 65.9 Å². The summed E-state index contributed by atoms with van der Waals surface area (Å²) in [6.07, 6.45) is -4.36. The molecule has 0 aromatic heterocycles. The normalized spacial score (nSPS) is 13.1. The van der Waals surface area contributed by atoms with Crippen molar-refractivity contribution < 1.29 is 23.0 Å². The average Bonchev–Trinajstić information content (AvgIpc) is 2.70. The van der Waals surface area contributed by atoms with Crippen molar-refractivity contribution in [3.05, 3.63) is 65.7 Å². The first-order valence-corrected chi connectivity index (χ1v) is 8.80. The molecule has 0 spiro atoms. The molecule has 8 heteroatoms. The Bertz CT molecular complexity index is 735. The number of ether oxygens (including phenoxy) is 1. The Kier molecular flexibility index (Phi) is 8.13. The maximum absolute atomic E-state index is 12.2. The molecule has 0 radical (unpaired) electrons. The van der Waals surface area contributed by atoms with E-state index in [1.807, 2.05) is 30.3 Å². The zero-order chi connectivity index (χ0) is 20.4. The summed E-state index contributed by atoms with van der Waals surface area (Å²) in [4.78, 5) is 4.14. The predicted molar refractivity (Wildman–Crippen MR) is 102 cm³/mol. The smallest absolute Gasteiger partial charge is 0.422 e. The number of aliphatic hydroxyl groups is 1. The van der Waals surface area contributed by atoms with Gasteiger partial charge in [0.25, 0.3) is 0 Å². The monoisotopic (exact) mass is 395 g/mol. The lowest BCUT2D eigenvalue weighted by atomic mass is 10.0. The molecule has 152 valence electrons. The van der Waals surface area contributed by atoms with Crippen LogP contribution in [-0.4, -0.2) is 44.0 Å². The molecule has 1 unspecified atom stereocenters. The van der Waals surface area contributed by atoms with Crippen molar-refractivity contribution in [3.63, 3.8) is 0 Å². The second-order valence-corrected chi connectivity index (χ2v) is 6.14. The number of benzene rings is 2. The molecule has 2 aromatic rings. The van der Waals surface area contributed by atoms with Crippen LogP contribution in [-0.2, 0) is 6.54 Å². The van der Waals surface area contributed by atoms with E-state index < -0.39 is 12.8 Å². The lowest BCUT2D eigenvalue weighted by Crippen LogP contribution is -2.39. The fourth-order valence-electron chi connectivity index (χ4n) is 2.51. The molecule has 2 aromatic carbocycles. The van der Waals surface area contributed by atoms with Crippen molar-refractivity contribution in [3.8, 4) is 5.75 Å². The molecular formula is C20H24F3N3O2. The van der Waals surface area contributed by atoms with Gasteiger partial charge in [-0.3, -0.25) is 4.99 Å². The standard InChI is InChI=1S/C20H24F3N3O2/c1-24-19(26-12-17(13-27)16-5-3-2-4-6-16)25-11-15-7-9-18(10-8-15)28-14-20(21,22)23/h2-10,17,27H,11-14H2,1H3,(H2,24,25,26). The molecule has 5 nitrogen and oxygen atoms in total. The van der Waals surface area contributed by atoms with Crippen LogP contribution in [0.25, 0.3) is 0 Å². The van der Waals surface area contributed by atoms with E-state index in [4.69, 9.17) is 0 Å². The lowest BCUT2D eigenvalue weighted by molar-refractivity contribution is -0.153. The average molecular weight is 395 g/mol. The summed E-state index contributed by atoms with van der Waals surface area (Å²) in [6.45, 7) is -0.360. The molecule has 28 heavy (non-hydrogen) atoms. The molecule has 0 aliphatic heterocycles. The molecule has 0 bridgehead atoms. The van der Waals surface area contributed by atoms with Crippen LogP contribution in [0.3, 0.4) is 0 Å². The third kappa shape index (κ3) is 7.48. The highest BCUT2D eigenvalue weighted by molar-refractivity contribution is 5.79. The number of rotatable bonds is 8. The zero-order valence-electron chi connectivity index (χ0n) is 15.5. The van der Waals surface area contributed by atoms with Crippen molar-refractivity contribution in [1.82, 2.24) is 10.6 Å². The van der Waals surface area contributed by atoms with E-state index in [0.29, 0.717) is 19.0 Å². The highest BCUT2D eigenvalue weighted by atomic mass is 19.4. The summed E-state index contributed by atoms with van der Waals surface area (Å²) in [6, 6.07) is 16.1. The summed E-state index contributed by atoms with van der Waals surface area (Å²) in [7, 11) is 1.64. The van der Waals surface area contributed by atoms with Crippen LogP contribution in [0.15, 0.2) is 59.6 Å². The van der Waals surface area contributed by atoms with E-state index in [2.05, 4.69) is 20.4 Å². The number of nitrogens with one attached hydrogen (secondary N) is 2. The van der Waals surface area contributed by atoms with Gasteiger partial charge in [0.2, 0.25) is 0 Å².